The second-order valence-electron chi connectivity index (χ2n) is 5.68. The standard InChI is InChI=1S/C14H14IO2.C7H8O3S/c1-16-13-7-3-11(4-8-13)15-12-5-9-14(17-2)10-6-12;1-6-2-4-7(5-3-6)11(8,9)10/h3-10H,1-2H3;2-5H,1H3,(H,8,9,10)/q+1;/p-1. The van der Waals surface area contributed by atoms with E-state index in [1.54, 1.807) is 26.4 Å². The summed E-state index contributed by atoms with van der Waals surface area (Å²) in [5.74, 6) is 1.82. The van der Waals surface area contributed by atoms with E-state index in [4.69, 9.17) is 9.47 Å². The summed E-state index contributed by atoms with van der Waals surface area (Å²) < 4.78 is 44.2. The summed E-state index contributed by atoms with van der Waals surface area (Å²) in [5, 5.41) is 0. The van der Waals surface area contributed by atoms with E-state index in [-0.39, 0.29) is 26.1 Å². The van der Waals surface area contributed by atoms with Crippen LogP contribution in [0.25, 0.3) is 0 Å². The fraction of sp³-hybridized carbons (Fsp3) is 0.143. The molecule has 0 aliphatic carbocycles. The van der Waals surface area contributed by atoms with Crippen molar-refractivity contribution in [3.63, 3.8) is 0 Å². The second-order valence-corrected chi connectivity index (χ2v) is 10.1. The summed E-state index contributed by atoms with van der Waals surface area (Å²) in [6, 6.07) is 22.4. The zero-order valence-electron chi connectivity index (χ0n) is 15.8. The van der Waals surface area contributed by atoms with Gasteiger partial charge < -0.3 is 14.0 Å². The number of benzene rings is 3. The van der Waals surface area contributed by atoms with E-state index in [2.05, 4.69) is 24.3 Å². The molecule has 0 aromatic heterocycles. The molecule has 0 amide bonds. The maximum Gasteiger partial charge on any atom is 0.357 e. The van der Waals surface area contributed by atoms with Gasteiger partial charge in [0.2, 0.25) is 0 Å². The van der Waals surface area contributed by atoms with Crippen molar-refractivity contribution < 1.29 is 43.6 Å². The molecule has 7 heteroatoms. The predicted molar refractivity (Wildman–Crippen MR) is 103 cm³/mol. The van der Waals surface area contributed by atoms with Gasteiger partial charge in [0.25, 0.3) is 0 Å². The number of hydrogen-bond acceptors (Lipinski definition) is 5. The Balaban J connectivity index is 0.000000221. The van der Waals surface area contributed by atoms with Crippen LogP contribution in [0.2, 0.25) is 0 Å². The van der Waals surface area contributed by atoms with E-state index in [0.29, 0.717) is 0 Å². The van der Waals surface area contributed by atoms with Gasteiger partial charge >= 0.3 is 21.2 Å². The van der Waals surface area contributed by atoms with Gasteiger partial charge in [0.05, 0.1) is 19.1 Å². The lowest BCUT2D eigenvalue weighted by Gasteiger charge is -2.05. The smallest absolute Gasteiger partial charge is 0.357 e. The van der Waals surface area contributed by atoms with Crippen LogP contribution < -0.4 is 30.7 Å². The summed E-state index contributed by atoms with van der Waals surface area (Å²) in [6.45, 7) is 1.82. The van der Waals surface area contributed by atoms with Gasteiger partial charge in [0.1, 0.15) is 21.6 Å². The van der Waals surface area contributed by atoms with Gasteiger partial charge in [0, 0.05) is 0 Å². The molecule has 0 N–H and O–H groups in total. The first-order valence-corrected chi connectivity index (χ1v) is 11.8. The highest BCUT2D eigenvalue weighted by Crippen LogP contribution is 2.09. The summed E-state index contributed by atoms with van der Waals surface area (Å²) in [6.07, 6.45) is 0. The van der Waals surface area contributed by atoms with E-state index in [0.717, 1.165) is 17.1 Å². The highest BCUT2D eigenvalue weighted by molar-refractivity contribution is 7.85. The van der Waals surface area contributed by atoms with Gasteiger partial charge in [-0.3, -0.25) is 0 Å². The van der Waals surface area contributed by atoms with Crippen molar-refractivity contribution >= 4 is 10.1 Å². The maximum atomic E-state index is 10.4. The normalized spacial score (nSPS) is 10.6. The molecule has 0 spiro atoms. The van der Waals surface area contributed by atoms with Gasteiger partial charge in [0.15, 0.2) is 7.14 Å². The number of methoxy groups -OCH3 is 2. The molecule has 5 nitrogen and oxygen atoms in total. The number of rotatable bonds is 5. The Morgan fingerprint density at radius 1 is 0.714 bits per heavy atom. The minimum absolute atomic E-state index is 0.119. The third-order valence-electron chi connectivity index (χ3n) is 3.63. The molecular formula is C21H21IO5S. The molecule has 0 heterocycles. The molecule has 0 fully saturated rings. The van der Waals surface area contributed by atoms with Crippen LogP contribution in [-0.2, 0) is 10.1 Å². The van der Waals surface area contributed by atoms with Crippen LogP contribution in [0.5, 0.6) is 11.5 Å². The Morgan fingerprint density at radius 3 is 1.43 bits per heavy atom. The average molecular weight is 512 g/mol. The molecule has 0 aliphatic rings. The molecule has 3 rings (SSSR count). The Labute approximate surface area is 176 Å². The molecule has 0 saturated carbocycles. The first kappa shape index (κ1) is 22.2. The highest BCUT2D eigenvalue weighted by Gasteiger charge is 2.15. The second kappa shape index (κ2) is 10.4. The van der Waals surface area contributed by atoms with Crippen molar-refractivity contribution in [3.8, 4) is 11.5 Å². The fourth-order valence-corrected chi connectivity index (χ4v) is 4.73. The minimum atomic E-state index is -4.27. The van der Waals surface area contributed by atoms with Crippen molar-refractivity contribution in [2.24, 2.45) is 0 Å². The lowest BCUT2D eigenvalue weighted by atomic mass is 10.2. The lowest BCUT2D eigenvalue weighted by molar-refractivity contribution is -0.597. The van der Waals surface area contributed by atoms with Crippen LogP contribution in [0.3, 0.4) is 0 Å². The number of aryl methyl sites for hydroxylation is 1. The van der Waals surface area contributed by atoms with E-state index >= 15 is 0 Å². The van der Waals surface area contributed by atoms with Crippen molar-refractivity contribution in [1.82, 2.24) is 0 Å². The molecule has 0 aliphatic heterocycles. The van der Waals surface area contributed by atoms with Crippen LogP contribution in [-0.4, -0.2) is 27.2 Å². The van der Waals surface area contributed by atoms with Crippen LogP contribution >= 0.6 is 0 Å². The number of ether oxygens (including phenoxy) is 2. The van der Waals surface area contributed by atoms with Crippen LogP contribution in [0.4, 0.5) is 0 Å². The molecule has 0 unspecified atom stereocenters. The Morgan fingerprint density at radius 2 is 1.11 bits per heavy atom. The Hall–Kier alpha value is -2.10. The van der Waals surface area contributed by atoms with Crippen molar-refractivity contribution in [1.29, 1.82) is 0 Å². The topological polar surface area (TPSA) is 75.7 Å². The van der Waals surface area contributed by atoms with Gasteiger partial charge in [-0.05, 0) is 67.6 Å². The van der Waals surface area contributed by atoms with E-state index in [1.807, 2.05) is 31.2 Å². The van der Waals surface area contributed by atoms with Gasteiger partial charge in [-0.2, -0.15) is 0 Å². The average Bonchev–Trinajstić information content (AvgIpc) is 2.69. The van der Waals surface area contributed by atoms with Crippen LogP contribution in [0, 0.1) is 14.1 Å². The Bertz CT molecular complexity index is 921. The highest BCUT2D eigenvalue weighted by atomic mass is 127. The molecule has 0 radical (unpaired) electrons. The molecule has 0 saturated heterocycles. The monoisotopic (exact) mass is 512 g/mol. The minimum Gasteiger partial charge on any atom is -0.744 e. The third kappa shape index (κ3) is 7.14. The number of hydrogen-bond donors (Lipinski definition) is 0. The Kier molecular flexibility index (Phi) is 8.28. The lowest BCUT2D eigenvalue weighted by Crippen LogP contribution is -3.61. The zero-order chi connectivity index (χ0) is 20.6. The zero-order valence-corrected chi connectivity index (χ0v) is 18.7. The van der Waals surface area contributed by atoms with Crippen LogP contribution in [0.1, 0.15) is 5.56 Å². The SMILES string of the molecule is COc1ccc([I+]c2ccc(OC)cc2)cc1.Cc1ccc(S(=O)(=O)[O-])cc1. The van der Waals surface area contributed by atoms with Crippen molar-refractivity contribution in [3.05, 3.63) is 85.5 Å². The predicted octanol–water partition coefficient (Wildman–Crippen LogP) is 0.731. The molecule has 3 aromatic carbocycles. The summed E-state index contributed by atoms with van der Waals surface area (Å²) in [4.78, 5) is -0.178. The molecule has 0 bridgehead atoms. The first-order chi connectivity index (χ1) is 13.3. The van der Waals surface area contributed by atoms with Crippen molar-refractivity contribution in [2.45, 2.75) is 11.8 Å². The largest absolute Gasteiger partial charge is 0.744 e. The first-order valence-electron chi connectivity index (χ1n) is 8.27. The fourth-order valence-electron chi connectivity index (χ4n) is 2.10. The van der Waals surface area contributed by atoms with Crippen LogP contribution in [0.15, 0.2) is 77.7 Å². The van der Waals surface area contributed by atoms with Gasteiger partial charge in [-0.1, -0.05) is 17.7 Å². The number of halogens is 1. The molecule has 148 valence electrons. The van der Waals surface area contributed by atoms with Gasteiger partial charge in [-0.15, -0.1) is 0 Å². The molecule has 28 heavy (non-hydrogen) atoms. The van der Waals surface area contributed by atoms with E-state index < -0.39 is 10.1 Å². The summed E-state index contributed by atoms with van der Waals surface area (Å²) in [5.41, 5.74) is 0.928. The van der Waals surface area contributed by atoms with E-state index in [1.165, 1.54) is 19.3 Å². The van der Waals surface area contributed by atoms with E-state index in [9.17, 15) is 13.0 Å². The molecular weight excluding hydrogens is 491 g/mol. The quantitative estimate of drug-likeness (QED) is 0.373. The maximum absolute atomic E-state index is 10.4. The van der Waals surface area contributed by atoms with Crippen molar-refractivity contribution in [2.75, 3.05) is 14.2 Å². The third-order valence-corrected chi connectivity index (χ3v) is 7.16. The summed E-state index contributed by atoms with van der Waals surface area (Å²) >= 11 is -0.119. The van der Waals surface area contributed by atoms with Gasteiger partial charge in [-0.25, -0.2) is 8.42 Å². The molecule has 3 aromatic rings. The molecule has 0 atom stereocenters. The summed E-state index contributed by atoms with van der Waals surface area (Å²) in [7, 11) is -0.894.